The Balaban J connectivity index is 1.76. The molecule has 4 rings (SSSR count). The molecule has 0 aliphatic rings. The Hall–Kier alpha value is -3.28. The smallest absolute Gasteiger partial charge is 0.151 e. The number of hydrogen-bond acceptors (Lipinski definition) is 4. The maximum atomic E-state index is 14.3. The number of halogens is 1. The zero-order valence-electron chi connectivity index (χ0n) is 17.5. The molecule has 0 aliphatic heterocycles. The van der Waals surface area contributed by atoms with E-state index in [9.17, 15) is 4.39 Å². The van der Waals surface area contributed by atoms with E-state index in [0.29, 0.717) is 17.5 Å². The normalized spacial score (nSPS) is 12.4. The second-order valence-electron chi connectivity index (χ2n) is 8.09. The first kappa shape index (κ1) is 20.0. The third-order valence-corrected chi connectivity index (χ3v) is 5.37. The van der Waals surface area contributed by atoms with Gasteiger partial charge in [-0.15, -0.1) is 0 Å². The van der Waals surface area contributed by atoms with Gasteiger partial charge in [-0.2, -0.15) is 0 Å². The molecule has 0 aromatic carbocycles. The third kappa shape index (κ3) is 4.17. The zero-order valence-corrected chi connectivity index (χ0v) is 17.5. The van der Waals surface area contributed by atoms with E-state index in [1.165, 1.54) is 6.07 Å². The van der Waals surface area contributed by atoms with Gasteiger partial charge in [0.05, 0.1) is 11.4 Å². The van der Waals surface area contributed by atoms with Crippen molar-refractivity contribution in [1.82, 2.24) is 19.9 Å². The molecule has 1 unspecified atom stereocenters. The van der Waals surface area contributed by atoms with Crippen molar-refractivity contribution in [3.05, 3.63) is 66.5 Å². The molecule has 0 bridgehead atoms. The van der Waals surface area contributed by atoms with Crippen LogP contribution in [0.1, 0.15) is 45.1 Å². The summed E-state index contributed by atoms with van der Waals surface area (Å²) in [5, 5.41) is 4.55. The van der Waals surface area contributed by atoms with Gasteiger partial charge in [0.2, 0.25) is 0 Å². The van der Waals surface area contributed by atoms with Gasteiger partial charge in [-0.25, -0.2) is 9.37 Å². The molecule has 154 valence electrons. The fourth-order valence-corrected chi connectivity index (χ4v) is 3.62. The number of aromatic nitrogens is 4. The lowest BCUT2D eigenvalue weighted by atomic mass is 9.92. The predicted octanol–water partition coefficient (Wildman–Crippen LogP) is 6.44. The number of pyridine rings is 3. The summed E-state index contributed by atoms with van der Waals surface area (Å²) in [6, 6.07) is 8.82. The minimum atomic E-state index is -0.381. The second-order valence-corrected chi connectivity index (χ2v) is 8.09. The van der Waals surface area contributed by atoms with Gasteiger partial charge in [0, 0.05) is 35.9 Å². The van der Waals surface area contributed by atoms with Crippen LogP contribution < -0.4 is 5.32 Å². The van der Waals surface area contributed by atoms with Crippen LogP contribution >= 0.6 is 0 Å². The van der Waals surface area contributed by atoms with Gasteiger partial charge >= 0.3 is 0 Å². The highest BCUT2D eigenvalue weighted by Crippen LogP contribution is 2.34. The van der Waals surface area contributed by atoms with Crippen molar-refractivity contribution in [3.63, 3.8) is 0 Å². The SMILES string of the molecule is CC(C)CCC(C)c1cnc(-c2ncccc2F)cc1Nc1ccnc2[nH]ccc12. The van der Waals surface area contributed by atoms with E-state index in [4.69, 9.17) is 0 Å². The summed E-state index contributed by atoms with van der Waals surface area (Å²) in [6.07, 6.45) is 9.26. The van der Waals surface area contributed by atoms with E-state index in [1.54, 1.807) is 18.5 Å². The number of fused-ring (bicyclic) bond motifs is 1. The van der Waals surface area contributed by atoms with E-state index in [0.717, 1.165) is 40.8 Å². The average Bonchev–Trinajstić information content (AvgIpc) is 3.22. The number of H-pyrrole nitrogens is 1. The number of aromatic amines is 1. The molecule has 2 N–H and O–H groups in total. The maximum Gasteiger partial charge on any atom is 0.151 e. The molecule has 4 aromatic rings. The van der Waals surface area contributed by atoms with Crippen LogP contribution in [0.25, 0.3) is 22.4 Å². The van der Waals surface area contributed by atoms with E-state index >= 15 is 0 Å². The molecule has 0 fully saturated rings. The second kappa shape index (κ2) is 8.61. The zero-order chi connectivity index (χ0) is 21.1. The molecule has 0 amide bonds. The van der Waals surface area contributed by atoms with Crippen molar-refractivity contribution in [2.75, 3.05) is 5.32 Å². The molecule has 1 atom stereocenters. The van der Waals surface area contributed by atoms with Crippen molar-refractivity contribution in [3.8, 4) is 11.4 Å². The lowest BCUT2D eigenvalue weighted by Gasteiger charge is -2.19. The molecule has 0 radical (unpaired) electrons. The maximum absolute atomic E-state index is 14.3. The highest BCUT2D eigenvalue weighted by molar-refractivity contribution is 5.91. The number of rotatable bonds is 7. The molecule has 4 heterocycles. The molecular formula is C24H26FN5. The van der Waals surface area contributed by atoms with Crippen molar-refractivity contribution in [1.29, 1.82) is 0 Å². The number of anilines is 2. The van der Waals surface area contributed by atoms with Gasteiger partial charge in [0.1, 0.15) is 11.3 Å². The van der Waals surface area contributed by atoms with Crippen molar-refractivity contribution >= 4 is 22.4 Å². The van der Waals surface area contributed by atoms with E-state index < -0.39 is 0 Å². The van der Waals surface area contributed by atoms with Gasteiger partial charge in [-0.1, -0.05) is 27.2 Å². The van der Waals surface area contributed by atoms with Crippen LogP contribution in [0.3, 0.4) is 0 Å². The fourth-order valence-electron chi connectivity index (χ4n) is 3.62. The molecule has 0 spiro atoms. The largest absolute Gasteiger partial charge is 0.355 e. The topological polar surface area (TPSA) is 66.5 Å². The number of nitrogens with zero attached hydrogens (tertiary/aromatic N) is 3. The molecule has 30 heavy (non-hydrogen) atoms. The van der Waals surface area contributed by atoms with Crippen LogP contribution in [0.15, 0.2) is 55.1 Å². The Bertz CT molecular complexity index is 1150. The van der Waals surface area contributed by atoms with E-state index in [2.05, 4.69) is 46.0 Å². The molecule has 6 heteroatoms. The van der Waals surface area contributed by atoms with Crippen LogP contribution in [0.4, 0.5) is 15.8 Å². The monoisotopic (exact) mass is 403 g/mol. The van der Waals surface area contributed by atoms with Crippen LogP contribution in [0, 0.1) is 11.7 Å². The number of nitrogens with one attached hydrogen (secondary N) is 2. The van der Waals surface area contributed by atoms with Gasteiger partial charge < -0.3 is 10.3 Å². The third-order valence-electron chi connectivity index (χ3n) is 5.37. The lowest BCUT2D eigenvalue weighted by Crippen LogP contribution is -2.04. The minimum absolute atomic E-state index is 0.253. The van der Waals surface area contributed by atoms with Crippen LogP contribution in [0.2, 0.25) is 0 Å². The van der Waals surface area contributed by atoms with Crippen molar-refractivity contribution < 1.29 is 4.39 Å². The Morgan fingerprint density at radius 2 is 1.87 bits per heavy atom. The van der Waals surface area contributed by atoms with Gasteiger partial charge in [-0.05, 0) is 54.2 Å². The molecular weight excluding hydrogens is 377 g/mol. The first-order chi connectivity index (χ1) is 14.5. The van der Waals surface area contributed by atoms with E-state index in [1.807, 2.05) is 30.6 Å². The molecule has 5 nitrogen and oxygen atoms in total. The van der Waals surface area contributed by atoms with Crippen molar-refractivity contribution in [2.24, 2.45) is 5.92 Å². The summed E-state index contributed by atoms with van der Waals surface area (Å²) in [6.45, 7) is 6.68. The highest BCUT2D eigenvalue weighted by Gasteiger charge is 2.17. The minimum Gasteiger partial charge on any atom is -0.355 e. The summed E-state index contributed by atoms with van der Waals surface area (Å²) in [5.41, 5.74) is 4.54. The first-order valence-corrected chi connectivity index (χ1v) is 10.3. The Morgan fingerprint density at radius 3 is 2.67 bits per heavy atom. The molecule has 4 aromatic heterocycles. The quantitative estimate of drug-likeness (QED) is 0.372. The summed E-state index contributed by atoms with van der Waals surface area (Å²) in [5.74, 6) is 0.570. The van der Waals surface area contributed by atoms with Gasteiger partial charge in [0.15, 0.2) is 5.82 Å². The molecule has 0 aliphatic carbocycles. The van der Waals surface area contributed by atoms with Crippen LogP contribution in [-0.2, 0) is 0 Å². The highest BCUT2D eigenvalue weighted by atomic mass is 19.1. The lowest BCUT2D eigenvalue weighted by molar-refractivity contribution is 0.517. The predicted molar refractivity (Wildman–Crippen MR) is 119 cm³/mol. The summed E-state index contributed by atoms with van der Waals surface area (Å²) >= 11 is 0. The van der Waals surface area contributed by atoms with Crippen LogP contribution in [-0.4, -0.2) is 19.9 Å². The Kier molecular flexibility index (Phi) is 5.74. The number of hydrogen-bond donors (Lipinski definition) is 2. The Labute approximate surface area is 175 Å². The van der Waals surface area contributed by atoms with E-state index in [-0.39, 0.29) is 11.5 Å². The standard InChI is InChI=1S/C24H26FN5/c1-15(2)6-7-16(3)18-14-29-22(23-19(25)5-4-10-26-23)13-21(18)30-20-9-12-28-24-17(20)8-11-27-24/h4-5,8-16H,6-7H2,1-3H3,(H2,27,28,29,30). The van der Waals surface area contributed by atoms with Gasteiger partial charge in [0.25, 0.3) is 0 Å². The fraction of sp³-hybridized carbons (Fsp3) is 0.292. The van der Waals surface area contributed by atoms with Gasteiger partial charge in [-0.3, -0.25) is 9.97 Å². The summed E-state index contributed by atoms with van der Waals surface area (Å²) in [7, 11) is 0. The average molecular weight is 404 g/mol. The summed E-state index contributed by atoms with van der Waals surface area (Å²) in [4.78, 5) is 16.2. The molecule has 0 saturated heterocycles. The molecule has 0 saturated carbocycles. The Morgan fingerprint density at radius 1 is 1.00 bits per heavy atom. The summed E-state index contributed by atoms with van der Waals surface area (Å²) < 4.78 is 14.3. The van der Waals surface area contributed by atoms with Crippen molar-refractivity contribution in [2.45, 2.75) is 39.5 Å². The van der Waals surface area contributed by atoms with Crippen LogP contribution in [0.5, 0.6) is 0 Å². The first-order valence-electron chi connectivity index (χ1n) is 10.3.